The summed E-state index contributed by atoms with van der Waals surface area (Å²) in [5, 5.41) is 25.6. The van der Waals surface area contributed by atoms with Crippen LogP contribution in [0.5, 0.6) is 0 Å². The molecule has 0 amide bonds. The van der Waals surface area contributed by atoms with E-state index in [1.165, 1.54) is 4.68 Å². The quantitative estimate of drug-likeness (QED) is 0.850. The minimum atomic E-state index is -0.168. The second-order valence-corrected chi connectivity index (χ2v) is 3.50. The first-order valence-corrected chi connectivity index (χ1v) is 4.84. The Balaban J connectivity index is 2.45. The monoisotopic (exact) mass is 234 g/mol. The average Bonchev–Trinajstić information content (AvgIpc) is 2.78. The lowest BCUT2D eigenvalue weighted by Gasteiger charge is -2.01. The Morgan fingerprint density at radius 1 is 1.50 bits per heavy atom. The molecule has 1 aromatic heterocycles. The Morgan fingerprint density at radius 2 is 2.31 bits per heavy atom. The largest absolute Gasteiger partial charge is 0.390 e. The molecule has 0 bridgehead atoms. The maximum absolute atomic E-state index is 8.85. The van der Waals surface area contributed by atoms with Crippen molar-refractivity contribution >= 4 is 11.6 Å². The number of aromatic nitrogens is 3. The predicted molar refractivity (Wildman–Crippen MR) is 57.0 cm³/mol. The van der Waals surface area contributed by atoms with Gasteiger partial charge >= 0.3 is 0 Å². The summed E-state index contributed by atoms with van der Waals surface area (Å²) in [4.78, 5) is 0. The van der Waals surface area contributed by atoms with Gasteiger partial charge < -0.3 is 5.11 Å². The number of nitrogens with zero attached hydrogens (tertiary/aromatic N) is 4. The zero-order valence-electron chi connectivity index (χ0n) is 8.13. The van der Waals surface area contributed by atoms with Crippen LogP contribution >= 0.6 is 11.6 Å². The van der Waals surface area contributed by atoms with E-state index in [1.54, 1.807) is 24.4 Å². The Hall–Kier alpha value is -1.90. The molecule has 1 N–H and O–H groups in total. The molecule has 2 aromatic rings. The van der Waals surface area contributed by atoms with Gasteiger partial charge in [-0.1, -0.05) is 16.8 Å². The van der Waals surface area contributed by atoms with Crippen molar-refractivity contribution in [2.75, 3.05) is 0 Å². The fourth-order valence-electron chi connectivity index (χ4n) is 1.24. The fraction of sp³-hybridized carbons (Fsp3) is 0.100. The van der Waals surface area contributed by atoms with Crippen LogP contribution in [0, 0.1) is 11.3 Å². The van der Waals surface area contributed by atoms with Gasteiger partial charge in [-0.15, -0.1) is 5.10 Å². The predicted octanol–water partition coefficient (Wildman–Crippen LogP) is 1.28. The molecule has 0 aliphatic carbocycles. The fourth-order valence-corrected chi connectivity index (χ4v) is 1.40. The zero-order valence-corrected chi connectivity index (χ0v) is 8.89. The van der Waals surface area contributed by atoms with E-state index in [1.807, 2.05) is 6.07 Å². The van der Waals surface area contributed by atoms with Crippen LogP contribution in [0.25, 0.3) is 5.69 Å². The van der Waals surface area contributed by atoms with Crippen molar-refractivity contribution in [2.24, 2.45) is 0 Å². The van der Waals surface area contributed by atoms with E-state index in [-0.39, 0.29) is 6.61 Å². The first-order chi connectivity index (χ1) is 7.74. The van der Waals surface area contributed by atoms with Gasteiger partial charge in [-0.2, -0.15) is 5.26 Å². The molecule has 0 atom stereocenters. The van der Waals surface area contributed by atoms with Gasteiger partial charge in [0, 0.05) is 0 Å². The number of aliphatic hydroxyl groups is 1. The van der Waals surface area contributed by atoms with Crippen LogP contribution in [0.2, 0.25) is 5.02 Å². The summed E-state index contributed by atoms with van der Waals surface area (Å²) in [5.74, 6) is 0. The molecule has 0 saturated heterocycles. The molecule has 2 rings (SSSR count). The maximum Gasteiger partial charge on any atom is 0.109 e. The van der Waals surface area contributed by atoms with Gasteiger partial charge in [0.15, 0.2) is 0 Å². The summed E-state index contributed by atoms with van der Waals surface area (Å²) in [6, 6.07) is 6.93. The molecule has 0 spiro atoms. The van der Waals surface area contributed by atoms with Gasteiger partial charge in [0.25, 0.3) is 0 Å². The Bertz CT molecular complexity index is 558. The van der Waals surface area contributed by atoms with Crippen LogP contribution < -0.4 is 0 Å². The van der Waals surface area contributed by atoms with E-state index >= 15 is 0 Å². The third kappa shape index (κ3) is 1.89. The number of rotatable bonds is 2. The minimum absolute atomic E-state index is 0.168. The normalized spacial score (nSPS) is 10.1. The second-order valence-electron chi connectivity index (χ2n) is 3.09. The molecule has 16 heavy (non-hydrogen) atoms. The molecule has 6 heteroatoms. The van der Waals surface area contributed by atoms with Crippen molar-refractivity contribution in [1.29, 1.82) is 5.26 Å². The molecule has 0 aliphatic rings. The van der Waals surface area contributed by atoms with Crippen molar-refractivity contribution in [3.63, 3.8) is 0 Å². The topological polar surface area (TPSA) is 74.7 Å². The molecule has 0 unspecified atom stereocenters. The standard InChI is InChI=1S/C10H7ClN4O/c11-10-2-1-9(3-7(10)4-12)15-5-8(6-16)13-14-15/h1-3,5,16H,6H2. The van der Waals surface area contributed by atoms with Gasteiger partial charge in [-0.3, -0.25) is 0 Å². The van der Waals surface area contributed by atoms with Crippen molar-refractivity contribution in [2.45, 2.75) is 6.61 Å². The molecule has 80 valence electrons. The molecule has 1 heterocycles. The molecule has 0 fully saturated rings. The Morgan fingerprint density at radius 3 is 2.94 bits per heavy atom. The van der Waals surface area contributed by atoms with Crippen LogP contribution in [0.3, 0.4) is 0 Å². The first kappa shape index (κ1) is 10.6. The highest BCUT2D eigenvalue weighted by atomic mass is 35.5. The van der Waals surface area contributed by atoms with E-state index in [2.05, 4.69) is 10.3 Å². The molecule has 1 aromatic carbocycles. The van der Waals surface area contributed by atoms with E-state index in [0.717, 1.165) is 0 Å². The number of hydrogen-bond acceptors (Lipinski definition) is 4. The van der Waals surface area contributed by atoms with Gasteiger partial charge in [0.1, 0.15) is 11.8 Å². The summed E-state index contributed by atoms with van der Waals surface area (Å²) in [6.07, 6.45) is 1.59. The number of nitriles is 1. The van der Waals surface area contributed by atoms with Crippen LogP contribution in [0.1, 0.15) is 11.3 Å². The average molecular weight is 235 g/mol. The molecular weight excluding hydrogens is 228 g/mol. The number of hydrogen-bond donors (Lipinski definition) is 1. The van der Waals surface area contributed by atoms with Crippen molar-refractivity contribution in [3.05, 3.63) is 40.7 Å². The highest BCUT2D eigenvalue weighted by Gasteiger charge is 2.05. The number of halogens is 1. The van der Waals surface area contributed by atoms with E-state index in [9.17, 15) is 0 Å². The van der Waals surface area contributed by atoms with Crippen LogP contribution in [-0.2, 0) is 6.61 Å². The molecule has 0 aliphatic heterocycles. The van der Waals surface area contributed by atoms with E-state index in [4.69, 9.17) is 22.0 Å². The summed E-state index contributed by atoms with van der Waals surface area (Å²) < 4.78 is 1.47. The molecular formula is C10H7ClN4O. The maximum atomic E-state index is 8.85. The Kier molecular flexibility index (Phi) is 2.86. The minimum Gasteiger partial charge on any atom is -0.390 e. The van der Waals surface area contributed by atoms with Gasteiger partial charge in [-0.25, -0.2) is 4.68 Å². The SMILES string of the molecule is N#Cc1cc(-n2cc(CO)nn2)ccc1Cl. The summed E-state index contributed by atoms with van der Waals surface area (Å²) in [6.45, 7) is -0.168. The summed E-state index contributed by atoms with van der Waals surface area (Å²) in [7, 11) is 0. The second kappa shape index (κ2) is 4.31. The van der Waals surface area contributed by atoms with Crippen molar-refractivity contribution in [3.8, 4) is 11.8 Å². The van der Waals surface area contributed by atoms with Gasteiger partial charge in [-0.05, 0) is 18.2 Å². The third-order valence-electron chi connectivity index (χ3n) is 2.04. The highest BCUT2D eigenvalue weighted by Crippen LogP contribution is 2.18. The molecule has 0 saturated carbocycles. The van der Waals surface area contributed by atoms with Gasteiger partial charge in [0.2, 0.25) is 0 Å². The van der Waals surface area contributed by atoms with Crippen LogP contribution in [0.15, 0.2) is 24.4 Å². The molecule has 5 nitrogen and oxygen atoms in total. The smallest absolute Gasteiger partial charge is 0.109 e. The lowest BCUT2D eigenvalue weighted by Crippen LogP contribution is -1.95. The number of benzene rings is 1. The highest BCUT2D eigenvalue weighted by molar-refractivity contribution is 6.31. The Labute approximate surface area is 96.5 Å². The van der Waals surface area contributed by atoms with Gasteiger partial charge in [0.05, 0.1) is 29.1 Å². The van der Waals surface area contributed by atoms with Crippen LogP contribution in [0.4, 0.5) is 0 Å². The lowest BCUT2D eigenvalue weighted by atomic mass is 10.2. The van der Waals surface area contributed by atoms with E-state index in [0.29, 0.717) is 22.0 Å². The van der Waals surface area contributed by atoms with Crippen molar-refractivity contribution < 1.29 is 5.11 Å². The zero-order chi connectivity index (χ0) is 11.5. The molecule has 0 radical (unpaired) electrons. The summed E-state index contributed by atoms with van der Waals surface area (Å²) >= 11 is 5.81. The van der Waals surface area contributed by atoms with Crippen molar-refractivity contribution in [1.82, 2.24) is 15.0 Å². The number of aliphatic hydroxyl groups excluding tert-OH is 1. The summed E-state index contributed by atoms with van der Waals surface area (Å²) in [5.41, 5.74) is 1.52. The van der Waals surface area contributed by atoms with E-state index < -0.39 is 0 Å². The van der Waals surface area contributed by atoms with Crippen LogP contribution in [-0.4, -0.2) is 20.1 Å². The third-order valence-corrected chi connectivity index (χ3v) is 2.37. The first-order valence-electron chi connectivity index (χ1n) is 4.46. The lowest BCUT2D eigenvalue weighted by molar-refractivity contribution is 0.276.